The number of benzene rings is 1. The molecule has 0 aromatic heterocycles. The van der Waals surface area contributed by atoms with Crippen LogP contribution in [0.5, 0.6) is 5.75 Å². The van der Waals surface area contributed by atoms with Gasteiger partial charge in [-0.25, -0.2) is 4.79 Å². The molecule has 1 aliphatic carbocycles. The maximum absolute atomic E-state index is 11.8. The van der Waals surface area contributed by atoms with Crippen LogP contribution in [0.25, 0.3) is 0 Å². The summed E-state index contributed by atoms with van der Waals surface area (Å²) in [6.07, 6.45) is 1.18. The molecule has 19 heavy (non-hydrogen) atoms. The average molecular weight is 264 g/mol. The minimum atomic E-state index is -1.11. The molecular formula is C13H16N2O4. The minimum absolute atomic E-state index is 0.143. The number of phenols is 1. The van der Waals surface area contributed by atoms with Gasteiger partial charge in [-0.2, -0.15) is 0 Å². The zero-order valence-corrected chi connectivity index (χ0v) is 10.3. The Morgan fingerprint density at radius 1 is 1.32 bits per heavy atom. The largest absolute Gasteiger partial charge is 0.508 e. The summed E-state index contributed by atoms with van der Waals surface area (Å²) in [7, 11) is 0. The Morgan fingerprint density at radius 2 is 1.89 bits per heavy atom. The zero-order valence-electron chi connectivity index (χ0n) is 10.3. The van der Waals surface area contributed by atoms with Crippen molar-refractivity contribution in [3.8, 4) is 5.75 Å². The van der Waals surface area contributed by atoms with Gasteiger partial charge in [-0.15, -0.1) is 0 Å². The molecule has 1 aromatic carbocycles. The monoisotopic (exact) mass is 264 g/mol. The normalized spacial score (nSPS) is 17.5. The first kappa shape index (κ1) is 13.4. The molecule has 102 valence electrons. The number of aromatic hydroxyl groups is 1. The molecule has 1 amide bonds. The average Bonchev–Trinajstić information content (AvgIpc) is 3.13. The molecule has 0 radical (unpaired) electrons. The van der Waals surface area contributed by atoms with Crippen molar-refractivity contribution in [2.24, 2.45) is 5.73 Å². The van der Waals surface area contributed by atoms with Crippen LogP contribution in [0.4, 0.5) is 0 Å². The summed E-state index contributed by atoms with van der Waals surface area (Å²) in [6.45, 7) is 0. The number of hydrogen-bond donors (Lipinski definition) is 4. The lowest BCUT2D eigenvalue weighted by atomic mass is 10.1. The number of carbonyl (C=O) groups is 2. The van der Waals surface area contributed by atoms with Gasteiger partial charge in [0.25, 0.3) is 0 Å². The quantitative estimate of drug-likeness (QED) is 0.597. The third-order valence-electron chi connectivity index (χ3n) is 3.25. The van der Waals surface area contributed by atoms with E-state index in [1.165, 1.54) is 12.1 Å². The number of nitrogens with one attached hydrogen (secondary N) is 1. The molecule has 0 aliphatic heterocycles. The molecule has 0 saturated heterocycles. The molecule has 2 rings (SSSR count). The molecule has 0 bridgehead atoms. The topological polar surface area (TPSA) is 113 Å². The van der Waals surface area contributed by atoms with Crippen molar-refractivity contribution in [2.45, 2.75) is 30.8 Å². The summed E-state index contributed by atoms with van der Waals surface area (Å²) in [5.41, 5.74) is 5.45. The van der Waals surface area contributed by atoms with E-state index in [1.54, 1.807) is 12.1 Å². The van der Waals surface area contributed by atoms with Crippen molar-refractivity contribution in [2.75, 3.05) is 0 Å². The first-order valence-corrected chi connectivity index (χ1v) is 6.02. The molecule has 6 heteroatoms. The third-order valence-corrected chi connectivity index (χ3v) is 3.25. The van der Waals surface area contributed by atoms with Crippen molar-refractivity contribution in [1.82, 2.24) is 5.32 Å². The summed E-state index contributed by atoms with van der Waals surface area (Å²) in [4.78, 5) is 22.8. The fraction of sp³-hybridized carbons (Fsp3) is 0.385. The van der Waals surface area contributed by atoms with E-state index in [2.05, 4.69) is 5.32 Å². The van der Waals surface area contributed by atoms with Crippen LogP contribution in [0.2, 0.25) is 0 Å². The summed E-state index contributed by atoms with van der Waals surface area (Å²) >= 11 is 0. The van der Waals surface area contributed by atoms with Crippen molar-refractivity contribution in [1.29, 1.82) is 0 Å². The van der Waals surface area contributed by atoms with Crippen molar-refractivity contribution in [3.05, 3.63) is 29.8 Å². The SMILES string of the molecule is N[C@H](Cc1ccc(O)cc1)C(=O)NC1(C(=O)O)CC1. The van der Waals surface area contributed by atoms with Gasteiger partial charge in [-0.3, -0.25) is 4.79 Å². The first-order valence-electron chi connectivity index (χ1n) is 6.02. The summed E-state index contributed by atoms with van der Waals surface area (Å²) in [5, 5.41) is 20.6. The number of carboxylic acids is 1. The number of phenolic OH excluding ortho intramolecular Hbond substituents is 1. The van der Waals surface area contributed by atoms with E-state index in [1.807, 2.05) is 0 Å². The van der Waals surface area contributed by atoms with Crippen LogP contribution < -0.4 is 11.1 Å². The number of carbonyl (C=O) groups excluding carboxylic acids is 1. The van der Waals surface area contributed by atoms with E-state index < -0.39 is 23.5 Å². The highest BCUT2D eigenvalue weighted by Crippen LogP contribution is 2.35. The zero-order chi connectivity index (χ0) is 14.0. The van der Waals surface area contributed by atoms with Crippen LogP contribution in [-0.2, 0) is 16.0 Å². The molecule has 1 aliphatic rings. The maximum atomic E-state index is 11.8. The van der Waals surface area contributed by atoms with E-state index in [-0.39, 0.29) is 5.75 Å². The molecular weight excluding hydrogens is 248 g/mol. The molecule has 1 aromatic rings. The van der Waals surface area contributed by atoms with Gasteiger partial charge in [0.05, 0.1) is 6.04 Å². The van der Waals surface area contributed by atoms with Gasteiger partial charge in [0.2, 0.25) is 5.91 Å². The fourth-order valence-corrected chi connectivity index (χ4v) is 1.82. The Labute approximate surface area is 110 Å². The second-order valence-electron chi connectivity index (χ2n) is 4.85. The molecule has 1 saturated carbocycles. The van der Waals surface area contributed by atoms with E-state index in [0.717, 1.165) is 5.56 Å². The number of hydrogen-bond acceptors (Lipinski definition) is 4. The second kappa shape index (κ2) is 4.89. The molecule has 6 nitrogen and oxygen atoms in total. The number of nitrogens with two attached hydrogens (primary N) is 1. The maximum Gasteiger partial charge on any atom is 0.329 e. The lowest BCUT2D eigenvalue weighted by Crippen LogP contribution is -2.50. The Balaban J connectivity index is 1.93. The Kier molecular flexibility index (Phi) is 3.44. The Bertz CT molecular complexity index is 494. The Morgan fingerprint density at radius 3 is 2.37 bits per heavy atom. The fourth-order valence-electron chi connectivity index (χ4n) is 1.82. The highest BCUT2D eigenvalue weighted by atomic mass is 16.4. The third kappa shape index (κ3) is 3.03. The highest BCUT2D eigenvalue weighted by molar-refractivity contribution is 5.91. The lowest BCUT2D eigenvalue weighted by molar-refractivity contribution is -0.143. The van der Waals surface area contributed by atoms with Gasteiger partial charge in [-0.1, -0.05) is 12.1 Å². The van der Waals surface area contributed by atoms with Gasteiger partial charge in [0, 0.05) is 0 Å². The number of aliphatic carboxylic acids is 1. The smallest absolute Gasteiger partial charge is 0.329 e. The van der Waals surface area contributed by atoms with Crippen molar-refractivity contribution < 1.29 is 19.8 Å². The van der Waals surface area contributed by atoms with Crippen LogP contribution >= 0.6 is 0 Å². The first-order chi connectivity index (χ1) is 8.93. The van der Waals surface area contributed by atoms with Gasteiger partial charge in [0.15, 0.2) is 0 Å². The number of amides is 1. The molecule has 0 heterocycles. The molecule has 0 unspecified atom stereocenters. The molecule has 1 fully saturated rings. The summed E-state index contributed by atoms with van der Waals surface area (Å²) in [6, 6.07) is 5.57. The van der Waals surface area contributed by atoms with E-state index in [4.69, 9.17) is 15.9 Å². The molecule has 1 atom stereocenters. The summed E-state index contributed by atoms with van der Waals surface area (Å²) < 4.78 is 0. The Hall–Kier alpha value is -2.08. The van der Waals surface area contributed by atoms with Gasteiger partial charge >= 0.3 is 5.97 Å². The standard InChI is InChI=1S/C13H16N2O4/c14-10(7-8-1-3-9(16)4-2-8)11(17)15-13(5-6-13)12(18)19/h1-4,10,16H,5-7,14H2,(H,15,17)(H,18,19)/t10-/m1/s1. The molecule has 5 N–H and O–H groups in total. The van der Waals surface area contributed by atoms with Gasteiger partial charge in [0.1, 0.15) is 11.3 Å². The lowest BCUT2D eigenvalue weighted by Gasteiger charge is -2.16. The van der Waals surface area contributed by atoms with Crippen LogP contribution in [-0.4, -0.2) is 33.7 Å². The number of carboxylic acid groups (broad SMARTS) is 1. The van der Waals surface area contributed by atoms with Crippen LogP contribution in [0.15, 0.2) is 24.3 Å². The van der Waals surface area contributed by atoms with E-state index in [0.29, 0.717) is 19.3 Å². The number of rotatable bonds is 5. The van der Waals surface area contributed by atoms with Gasteiger partial charge in [-0.05, 0) is 37.0 Å². The van der Waals surface area contributed by atoms with E-state index >= 15 is 0 Å². The second-order valence-corrected chi connectivity index (χ2v) is 4.85. The predicted molar refractivity (Wildman–Crippen MR) is 67.5 cm³/mol. The van der Waals surface area contributed by atoms with Gasteiger partial charge < -0.3 is 21.3 Å². The van der Waals surface area contributed by atoms with E-state index in [9.17, 15) is 9.59 Å². The van der Waals surface area contributed by atoms with Crippen molar-refractivity contribution >= 4 is 11.9 Å². The minimum Gasteiger partial charge on any atom is -0.508 e. The summed E-state index contributed by atoms with van der Waals surface area (Å²) in [5.74, 6) is -1.34. The van der Waals surface area contributed by atoms with Crippen LogP contribution in [0.1, 0.15) is 18.4 Å². The highest BCUT2D eigenvalue weighted by Gasteiger charge is 2.52. The van der Waals surface area contributed by atoms with Crippen molar-refractivity contribution in [3.63, 3.8) is 0 Å². The van der Waals surface area contributed by atoms with Crippen LogP contribution in [0, 0.1) is 0 Å². The molecule has 0 spiro atoms. The predicted octanol–water partition coefficient (Wildman–Crippen LogP) is -0.00460. The van der Waals surface area contributed by atoms with Crippen LogP contribution in [0.3, 0.4) is 0 Å².